The average molecular weight is 304 g/mol. The fourth-order valence-electron chi connectivity index (χ4n) is 1.98. The monoisotopic (exact) mass is 303 g/mol. The maximum Gasteiger partial charge on any atom is 0.137 e. The van der Waals surface area contributed by atoms with Gasteiger partial charge in [0.25, 0.3) is 0 Å². The molecule has 0 aromatic heterocycles. The van der Waals surface area contributed by atoms with Crippen LogP contribution in [-0.4, -0.2) is 20.8 Å². The van der Waals surface area contributed by atoms with Gasteiger partial charge >= 0.3 is 0 Å². The second-order valence-corrected chi connectivity index (χ2v) is 4.96. The van der Waals surface area contributed by atoms with Gasteiger partial charge in [-0.25, -0.2) is 4.39 Å². The number of nitrogens with one attached hydrogen (secondary N) is 1. The summed E-state index contributed by atoms with van der Waals surface area (Å²) < 4.78 is 19.1. The average Bonchev–Trinajstić information content (AvgIpc) is 2.32. The van der Waals surface area contributed by atoms with E-state index in [-0.39, 0.29) is 11.9 Å². The number of hydrogen-bond donors (Lipinski definition) is 1. The molecule has 2 nitrogen and oxygen atoms in total. The van der Waals surface area contributed by atoms with Crippen molar-refractivity contribution in [3.63, 3.8) is 0 Å². The first-order valence-electron chi connectivity index (χ1n) is 5.72. The summed E-state index contributed by atoms with van der Waals surface area (Å²) in [6, 6.07) is 5.26. The topological polar surface area (TPSA) is 21.3 Å². The van der Waals surface area contributed by atoms with E-state index in [0.717, 1.165) is 12.0 Å². The molecule has 0 fully saturated rings. The first kappa shape index (κ1) is 14.6. The van der Waals surface area contributed by atoms with Crippen LogP contribution < -0.4 is 5.32 Å². The van der Waals surface area contributed by atoms with Crippen LogP contribution >= 0.6 is 15.9 Å². The number of benzene rings is 1. The molecule has 17 heavy (non-hydrogen) atoms. The molecule has 0 aliphatic heterocycles. The van der Waals surface area contributed by atoms with Gasteiger partial charge < -0.3 is 10.1 Å². The van der Waals surface area contributed by atoms with Gasteiger partial charge in [0.2, 0.25) is 0 Å². The largest absolute Gasteiger partial charge is 0.385 e. The molecule has 0 amide bonds. The van der Waals surface area contributed by atoms with Crippen molar-refractivity contribution in [2.24, 2.45) is 5.92 Å². The van der Waals surface area contributed by atoms with Gasteiger partial charge in [0, 0.05) is 19.8 Å². The summed E-state index contributed by atoms with van der Waals surface area (Å²) in [6.07, 6.45) is 0.935. The number of rotatable bonds is 6. The standard InChI is InChI=1S/C13H19BrFNO/c1-9(7-8-17-3)13(16-2)10-5-4-6-11(15)12(10)14/h4-6,9,13,16H,7-8H2,1-3H3. The molecule has 2 atom stereocenters. The van der Waals surface area contributed by atoms with E-state index in [0.29, 0.717) is 17.0 Å². The predicted octanol–water partition coefficient (Wildman–Crippen LogP) is 3.52. The zero-order chi connectivity index (χ0) is 12.8. The highest BCUT2D eigenvalue weighted by atomic mass is 79.9. The molecule has 0 aliphatic rings. The van der Waals surface area contributed by atoms with E-state index < -0.39 is 0 Å². The second kappa shape index (κ2) is 7.09. The van der Waals surface area contributed by atoms with Crippen LogP contribution in [0.4, 0.5) is 4.39 Å². The Morgan fingerprint density at radius 2 is 2.18 bits per heavy atom. The minimum Gasteiger partial charge on any atom is -0.385 e. The van der Waals surface area contributed by atoms with Crippen molar-refractivity contribution in [2.45, 2.75) is 19.4 Å². The summed E-state index contributed by atoms with van der Waals surface area (Å²) in [4.78, 5) is 0. The van der Waals surface area contributed by atoms with Crippen molar-refractivity contribution in [1.82, 2.24) is 5.32 Å². The van der Waals surface area contributed by atoms with Crippen LogP contribution in [-0.2, 0) is 4.74 Å². The lowest BCUT2D eigenvalue weighted by Gasteiger charge is -2.25. The van der Waals surface area contributed by atoms with Gasteiger partial charge in [-0.05, 0) is 46.9 Å². The number of halogens is 2. The van der Waals surface area contributed by atoms with Gasteiger partial charge in [-0.15, -0.1) is 0 Å². The second-order valence-electron chi connectivity index (χ2n) is 4.17. The van der Waals surface area contributed by atoms with Crippen LogP contribution in [0.15, 0.2) is 22.7 Å². The van der Waals surface area contributed by atoms with E-state index in [4.69, 9.17) is 4.74 Å². The fourth-order valence-corrected chi connectivity index (χ4v) is 2.49. The Labute approximate surface area is 111 Å². The van der Waals surface area contributed by atoms with Crippen LogP contribution in [0.1, 0.15) is 24.9 Å². The molecular weight excluding hydrogens is 285 g/mol. The first-order chi connectivity index (χ1) is 8.11. The van der Waals surface area contributed by atoms with Gasteiger partial charge in [-0.2, -0.15) is 0 Å². The molecule has 0 spiro atoms. The SMILES string of the molecule is CNC(c1cccc(F)c1Br)C(C)CCOC. The van der Waals surface area contributed by atoms with Gasteiger partial charge in [0.1, 0.15) is 5.82 Å². The van der Waals surface area contributed by atoms with Crippen LogP contribution in [0, 0.1) is 11.7 Å². The first-order valence-corrected chi connectivity index (χ1v) is 6.51. The van der Waals surface area contributed by atoms with E-state index in [2.05, 4.69) is 28.2 Å². The maximum atomic E-state index is 13.5. The third-order valence-corrected chi connectivity index (χ3v) is 3.81. The Bertz CT molecular complexity index is 359. The molecular formula is C13H19BrFNO. The summed E-state index contributed by atoms with van der Waals surface area (Å²) in [5, 5.41) is 3.24. The van der Waals surface area contributed by atoms with Crippen LogP contribution in [0.2, 0.25) is 0 Å². The summed E-state index contributed by atoms with van der Waals surface area (Å²) in [5.74, 6) is 0.153. The number of ether oxygens (including phenoxy) is 1. The quantitative estimate of drug-likeness (QED) is 0.868. The van der Waals surface area contributed by atoms with Crippen molar-refractivity contribution in [2.75, 3.05) is 20.8 Å². The Morgan fingerprint density at radius 1 is 1.47 bits per heavy atom. The van der Waals surface area contributed by atoms with Crippen molar-refractivity contribution in [1.29, 1.82) is 0 Å². The molecule has 2 unspecified atom stereocenters. The van der Waals surface area contributed by atoms with Crippen molar-refractivity contribution in [3.05, 3.63) is 34.1 Å². The molecule has 0 saturated heterocycles. The highest BCUT2D eigenvalue weighted by molar-refractivity contribution is 9.10. The van der Waals surface area contributed by atoms with Crippen molar-refractivity contribution >= 4 is 15.9 Å². The molecule has 0 radical (unpaired) electrons. The highest BCUT2D eigenvalue weighted by Crippen LogP contribution is 2.31. The van der Waals surface area contributed by atoms with Crippen molar-refractivity contribution < 1.29 is 9.13 Å². The minimum absolute atomic E-state index is 0.121. The summed E-state index contributed by atoms with van der Waals surface area (Å²) in [6.45, 7) is 2.85. The summed E-state index contributed by atoms with van der Waals surface area (Å²) in [5.41, 5.74) is 0.955. The van der Waals surface area contributed by atoms with Gasteiger partial charge in [0.05, 0.1) is 4.47 Å². The van der Waals surface area contributed by atoms with Crippen LogP contribution in [0.25, 0.3) is 0 Å². The third kappa shape index (κ3) is 3.76. The lowest BCUT2D eigenvalue weighted by molar-refractivity contribution is 0.171. The molecule has 1 rings (SSSR count). The lowest BCUT2D eigenvalue weighted by atomic mass is 9.92. The molecule has 4 heteroatoms. The van der Waals surface area contributed by atoms with Crippen LogP contribution in [0.5, 0.6) is 0 Å². The third-order valence-electron chi connectivity index (χ3n) is 2.97. The highest BCUT2D eigenvalue weighted by Gasteiger charge is 2.20. The molecule has 0 aliphatic carbocycles. The minimum atomic E-state index is -0.221. The van der Waals surface area contributed by atoms with Gasteiger partial charge in [0.15, 0.2) is 0 Å². The molecule has 1 aromatic rings. The fraction of sp³-hybridized carbons (Fsp3) is 0.538. The smallest absolute Gasteiger partial charge is 0.137 e. The van der Waals surface area contributed by atoms with Crippen LogP contribution in [0.3, 0.4) is 0 Å². The summed E-state index contributed by atoms with van der Waals surface area (Å²) in [7, 11) is 3.59. The molecule has 0 bridgehead atoms. The lowest BCUT2D eigenvalue weighted by Crippen LogP contribution is -2.25. The van der Waals surface area contributed by atoms with Gasteiger partial charge in [-0.1, -0.05) is 19.1 Å². The van der Waals surface area contributed by atoms with E-state index >= 15 is 0 Å². The van der Waals surface area contributed by atoms with E-state index in [1.54, 1.807) is 13.2 Å². The summed E-state index contributed by atoms with van der Waals surface area (Å²) >= 11 is 3.31. The predicted molar refractivity (Wildman–Crippen MR) is 71.6 cm³/mol. The zero-order valence-corrected chi connectivity index (χ0v) is 12.1. The number of hydrogen-bond acceptors (Lipinski definition) is 2. The van der Waals surface area contributed by atoms with E-state index in [1.807, 2.05) is 13.1 Å². The normalized spacial score (nSPS) is 14.6. The molecule has 96 valence electrons. The molecule has 0 heterocycles. The Hall–Kier alpha value is -0.450. The van der Waals surface area contributed by atoms with Gasteiger partial charge in [-0.3, -0.25) is 0 Å². The Kier molecular flexibility index (Phi) is 6.09. The van der Waals surface area contributed by atoms with E-state index in [1.165, 1.54) is 6.07 Å². The zero-order valence-electron chi connectivity index (χ0n) is 10.5. The maximum absolute atomic E-state index is 13.5. The molecule has 0 saturated carbocycles. The van der Waals surface area contributed by atoms with Crippen molar-refractivity contribution in [3.8, 4) is 0 Å². The number of methoxy groups -OCH3 is 1. The Morgan fingerprint density at radius 3 is 2.76 bits per heavy atom. The molecule has 1 N–H and O–H groups in total. The molecule has 1 aromatic carbocycles. The Balaban J connectivity index is 2.89. The van der Waals surface area contributed by atoms with E-state index in [9.17, 15) is 4.39 Å².